The van der Waals surface area contributed by atoms with Crippen molar-refractivity contribution >= 4 is 21.7 Å². The van der Waals surface area contributed by atoms with Gasteiger partial charge < -0.3 is 5.11 Å². The lowest BCUT2D eigenvalue weighted by Crippen LogP contribution is -2.02. The van der Waals surface area contributed by atoms with Crippen molar-refractivity contribution < 1.29 is 9.90 Å². The first-order valence-corrected chi connectivity index (χ1v) is 5.29. The van der Waals surface area contributed by atoms with Gasteiger partial charge in [-0.2, -0.15) is 0 Å². The summed E-state index contributed by atoms with van der Waals surface area (Å²) in [7, 11) is 0. The number of hydrogen-bond acceptors (Lipinski definition) is 2. The number of Topliss-reactive ketones (excluding diaryl/α,β-unsaturated/α-hetero) is 1. The average molecular weight is 265 g/mol. The molecule has 0 saturated heterocycles. The first-order valence-electron chi connectivity index (χ1n) is 4.50. The first kappa shape index (κ1) is 10.2. The van der Waals surface area contributed by atoms with Gasteiger partial charge in [0.25, 0.3) is 0 Å². The lowest BCUT2D eigenvalue weighted by atomic mass is 9.95. The van der Waals surface area contributed by atoms with Crippen LogP contribution >= 0.6 is 15.9 Å². The lowest BCUT2D eigenvalue weighted by Gasteiger charge is -2.10. The van der Waals surface area contributed by atoms with Crippen molar-refractivity contribution in [1.82, 2.24) is 0 Å². The zero-order valence-corrected chi connectivity index (χ0v) is 9.49. The van der Waals surface area contributed by atoms with E-state index in [1.54, 1.807) is 0 Å². The predicted octanol–water partition coefficient (Wildman–Crippen LogP) is 3.07. The topological polar surface area (TPSA) is 37.3 Å². The fourth-order valence-corrected chi connectivity index (χ4v) is 2.40. The molecular formula is C12H9BrO2. The van der Waals surface area contributed by atoms with Gasteiger partial charge >= 0.3 is 0 Å². The molecule has 1 atom stereocenters. The number of aliphatic hydroxyl groups is 1. The van der Waals surface area contributed by atoms with Crippen LogP contribution in [0.5, 0.6) is 0 Å². The molecule has 0 aromatic heterocycles. The van der Waals surface area contributed by atoms with Gasteiger partial charge in [0.1, 0.15) is 0 Å². The highest BCUT2D eigenvalue weighted by Crippen LogP contribution is 2.42. The minimum atomic E-state index is -0.379. The third-order valence-electron chi connectivity index (χ3n) is 2.47. The van der Waals surface area contributed by atoms with Crippen molar-refractivity contribution in [3.63, 3.8) is 0 Å². The van der Waals surface area contributed by atoms with Crippen molar-refractivity contribution in [2.24, 2.45) is 0 Å². The summed E-state index contributed by atoms with van der Waals surface area (Å²) in [4.78, 5) is 11.5. The summed E-state index contributed by atoms with van der Waals surface area (Å²) in [5.41, 5.74) is 1.36. The molecule has 1 aromatic carbocycles. The maximum absolute atomic E-state index is 11.5. The van der Waals surface area contributed by atoms with Crippen molar-refractivity contribution in [1.29, 1.82) is 0 Å². The van der Waals surface area contributed by atoms with Crippen LogP contribution in [0.3, 0.4) is 0 Å². The quantitative estimate of drug-likeness (QED) is 0.792. The van der Waals surface area contributed by atoms with Gasteiger partial charge in [-0.15, -0.1) is 0 Å². The normalized spacial score (nSPS) is 21.3. The van der Waals surface area contributed by atoms with Gasteiger partial charge in [0.05, 0.1) is 4.48 Å². The second-order valence-electron chi connectivity index (χ2n) is 3.39. The van der Waals surface area contributed by atoms with Crippen molar-refractivity contribution in [3.8, 4) is 0 Å². The number of aliphatic hydroxyl groups excluding tert-OH is 1. The molecule has 2 nitrogen and oxygen atoms in total. The monoisotopic (exact) mass is 264 g/mol. The number of ketones is 1. The van der Waals surface area contributed by atoms with Crippen LogP contribution in [0.4, 0.5) is 0 Å². The molecule has 0 spiro atoms. The second-order valence-corrected chi connectivity index (χ2v) is 4.25. The summed E-state index contributed by atoms with van der Waals surface area (Å²) in [5, 5.41) is 9.49. The number of rotatable bonds is 1. The molecule has 15 heavy (non-hydrogen) atoms. The zero-order valence-electron chi connectivity index (χ0n) is 7.90. The van der Waals surface area contributed by atoms with Crippen LogP contribution in [0.25, 0.3) is 0 Å². The lowest BCUT2D eigenvalue weighted by molar-refractivity contribution is -0.114. The third kappa shape index (κ3) is 1.53. The second kappa shape index (κ2) is 3.66. The number of carbonyl (C=O) groups excluding carboxylic acids is 1. The molecule has 0 fully saturated rings. The zero-order chi connectivity index (χ0) is 11.0. The maximum atomic E-state index is 11.5. The van der Waals surface area contributed by atoms with E-state index in [-0.39, 0.29) is 17.5 Å². The molecule has 0 amide bonds. The minimum Gasteiger partial charge on any atom is -0.504 e. The van der Waals surface area contributed by atoms with Crippen molar-refractivity contribution in [3.05, 3.63) is 58.3 Å². The summed E-state index contributed by atoms with van der Waals surface area (Å²) in [6.07, 6.45) is 0. The highest BCUT2D eigenvalue weighted by molar-refractivity contribution is 9.11. The van der Waals surface area contributed by atoms with Crippen molar-refractivity contribution in [2.45, 2.75) is 5.92 Å². The van der Waals surface area contributed by atoms with Crippen LogP contribution in [-0.4, -0.2) is 10.9 Å². The molecular weight excluding hydrogens is 256 g/mol. The molecule has 1 aliphatic rings. The van der Waals surface area contributed by atoms with E-state index in [4.69, 9.17) is 0 Å². The van der Waals surface area contributed by atoms with Crippen LogP contribution < -0.4 is 0 Å². The summed E-state index contributed by atoms with van der Waals surface area (Å²) in [6, 6.07) is 9.50. The largest absolute Gasteiger partial charge is 0.504 e. The van der Waals surface area contributed by atoms with E-state index < -0.39 is 0 Å². The highest BCUT2D eigenvalue weighted by Gasteiger charge is 2.35. The van der Waals surface area contributed by atoms with Gasteiger partial charge in [0.2, 0.25) is 5.78 Å². The molecule has 0 bridgehead atoms. The number of hydrogen-bond donors (Lipinski definition) is 1. The van der Waals surface area contributed by atoms with E-state index in [2.05, 4.69) is 22.5 Å². The molecule has 1 N–H and O–H groups in total. The molecule has 1 aromatic rings. The van der Waals surface area contributed by atoms with Crippen LogP contribution in [0.1, 0.15) is 11.5 Å². The standard InChI is InChI=1S/C12H9BrO2/c1-7-9(8-5-3-2-4-6-8)10(13)12(15)11(7)14/h2-6,9,15H,1H2/t9-/m1/s1. The van der Waals surface area contributed by atoms with Crippen LogP contribution in [-0.2, 0) is 4.79 Å². The van der Waals surface area contributed by atoms with Crippen molar-refractivity contribution in [2.75, 3.05) is 0 Å². The molecule has 0 heterocycles. The van der Waals surface area contributed by atoms with Gasteiger partial charge in [0.15, 0.2) is 5.76 Å². The summed E-state index contributed by atoms with van der Waals surface area (Å²) >= 11 is 3.24. The summed E-state index contributed by atoms with van der Waals surface area (Å²) in [6.45, 7) is 3.71. The Morgan fingerprint density at radius 3 is 2.33 bits per heavy atom. The SMILES string of the molecule is C=C1C(=O)C(O)=C(Br)[C@H]1c1ccccc1. The Bertz CT molecular complexity index is 460. The number of benzene rings is 1. The van der Waals surface area contributed by atoms with E-state index in [1.807, 2.05) is 30.3 Å². The molecule has 0 saturated carbocycles. The average Bonchev–Trinajstić information content (AvgIpc) is 2.45. The van der Waals surface area contributed by atoms with Gasteiger partial charge in [-0.25, -0.2) is 0 Å². The van der Waals surface area contributed by atoms with Gasteiger partial charge in [-0.05, 0) is 5.56 Å². The van der Waals surface area contributed by atoms with E-state index in [0.29, 0.717) is 10.1 Å². The minimum absolute atomic E-state index is 0.228. The van der Waals surface area contributed by atoms with E-state index in [0.717, 1.165) is 5.56 Å². The Morgan fingerprint density at radius 2 is 1.87 bits per heavy atom. The number of allylic oxidation sites excluding steroid dienone is 2. The van der Waals surface area contributed by atoms with E-state index in [1.165, 1.54) is 0 Å². The Hall–Kier alpha value is -1.35. The molecule has 76 valence electrons. The van der Waals surface area contributed by atoms with E-state index >= 15 is 0 Å². The fraction of sp³-hybridized carbons (Fsp3) is 0.0833. The van der Waals surface area contributed by atoms with Gasteiger partial charge in [-0.1, -0.05) is 52.8 Å². The molecule has 3 heteroatoms. The maximum Gasteiger partial charge on any atom is 0.224 e. The number of carbonyl (C=O) groups is 1. The molecule has 2 rings (SSSR count). The fourth-order valence-electron chi connectivity index (χ4n) is 1.67. The van der Waals surface area contributed by atoms with Crippen LogP contribution in [0.2, 0.25) is 0 Å². The molecule has 0 unspecified atom stereocenters. The number of halogens is 1. The molecule has 0 radical (unpaired) electrons. The first-order chi connectivity index (χ1) is 7.13. The molecule has 0 aliphatic heterocycles. The Labute approximate surface area is 96.1 Å². The third-order valence-corrected chi connectivity index (χ3v) is 3.30. The van der Waals surface area contributed by atoms with Crippen LogP contribution in [0, 0.1) is 0 Å². The Kier molecular flexibility index (Phi) is 2.49. The van der Waals surface area contributed by atoms with E-state index in [9.17, 15) is 9.90 Å². The Balaban J connectivity index is 2.49. The summed E-state index contributed by atoms with van der Waals surface area (Å²) in [5.74, 6) is -0.844. The van der Waals surface area contributed by atoms with Gasteiger partial charge in [0, 0.05) is 11.5 Å². The molecule has 1 aliphatic carbocycles. The van der Waals surface area contributed by atoms with Crippen LogP contribution in [0.15, 0.2) is 52.7 Å². The van der Waals surface area contributed by atoms with Gasteiger partial charge in [-0.3, -0.25) is 4.79 Å². The summed E-state index contributed by atoms with van der Waals surface area (Å²) < 4.78 is 0.503. The Morgan fingerprint density at radius 1 is 1.27 bits per heavy atom. The smallest absolute Gasteiger partial charge is 0.224 e. The highest BCUT2D eigenvalue weighted by atomic mass is 79.9. The predicted molar refractivity (Wildman–Crippen MR) is 61.9 cm³/mol.